The molecule has 0 saturated carbocycles. The molecule has 0 aliphatic carbocycles. The van der Waals surface area contributed by atoms with Gasteiger partial charge in [0.2, 0.25) is 0 Å². The third-order valence-corrected chi connectivity index (χ3v) is 5.69. The Bertz CT molecular complexity index is 1000. The summed E-state index contributed by atoms with van der Waals surface area (Å²) in [6.07, 6.45) is 1.81. The first-order valence-electron chi connectivity index (χ1n) is 9.42. The normalized spacial score (nSPS) is 10.7. The van der Waals surface area contributed by atoms with Gasteiger partial charge in [-0.15, -0.1) is 16.8 Å². The number of halogens is 1. The van der Waals surface area contributed by atoms with Crippen LogP contribution in [0.2, 0.25) is 5.02 Å². The molecule has 8 heteroatoms. The second-order valence-electron chi connectivity index (χ2n) is 6.42. The van der Waals surface area contributed by atoms with Crippen LogP contribution >= 0.6 is 23.4 Å². The van der Waals surface area contributed by atoms with E-state index in [0.29, 0.717) is 41.9 Å². The average Bonchev–Trinajstić information content (AvgIpc) is 3.15. The fourth-order valence-corrected chi connectivity index (χ4v) is 3.92. The van der Waals surface area contributed by atoms with Gasteiger partial charge in [0.05, 0.1) is 11.6 Å². The highest BCUT2D eigenvalue weighted by Crippen LogP contribution is 2.30. The van der Waals surface area contributed by atoms with Gasteiger partial charge in [0.25, 0.3) is 5.91 Å². The lowest BCUT2D eigenvalue weighted by Gasteiger charge is -2.09. The van der Waals surface area contributed by atoms with Crippen LogP contribution in [0.15, 0.2) is 66.3 Å². The Kier molecular flexibility index (Phi) is 8.07. The summed E-state index contributed by atoms with van der Waals surface area (Å²) < 4.78 is 6.94. The van der Waals surface area contributed by atoms with Crippen LogP contribution in [0, 0.1) is 0 Å². The Morgan fingerprint density at radius 1 is 1.23 bits per heavy atom. The van der Waals surface area contributed by atoms with Crippen LogP contribution in [-0.2, 0) is 17.0 Å². The molecular weight excluding hydrogens is 420 g/mol. The molecule has 0 unspecified atom stereocenters. The van der Waals surface area contributed by atoms with Gasteiger partial charge in [0.1, 0.15) is 0 Å². The van der Waals surface area contributed by atoms with E-state index in [1.54, 1.807) is 18.9 Å². The lowest BCUT2D eigenvalue weighted by molar-refractivity contribution is 0.0937. The monoisotopic (exact) mass is 442 g/mol. The van der Waals surface area contributed by atoms with E-state index in [1.165, 1.54) is 0 Å². The Labute approximate surface area is 185 Å². The molecule has 0 spiro atoms. The number of ether oxygens (including phenoxy) is 1. The molecule has 156 valence electrons. The standard InChI is InChI=1S/C22H23ClN4O2S/c1-3-13-27-20(18-6-4-5-7-19(18)23)25-26-22(27)30-15-16-8-10-17(11-9-16)21(28)24-12-14-29-2/h3-11H,1,12-15H2,2H3,(H,24,28). The highest BCUT2D eigenvalue weighted by Gasteiger charge is 2.16. The molecule has 0 saturated heterocycles. The largest absolute Gasteiger partial charge is 0.383 e. The van der Waals surface area contributed by atoms with E-state index >= 15 is 0 Å². The molecule has 3 rings (SSSR count). The van der Waals surface area contributed by atoms with E-state index in [0.717, 1.165) is 16.3 Å². The van der Waals surface area contributed by atoms with Crippen molar-refractivity contribution < 1.29 is 9.53 Å². The minimum atomic E-state index is -0.110. The first kappa shape index (κ1) is 22.1. The van der Waals surface area contributed by atoms with E-state index in [4.69, 9.17) is 16.3 Å². The van der Waals surface area contributed by atoms with Gasteiger partial charge >= 0.3 is 0 Å². The Morgan fingerprint density at radius 2 is 2.00 bits per heavy atom. The van der Waals surface area contributed by atoms with Crippen molar-refractivity contribution in [1.82, 2.24) is 20.1 Å². The molecule has 1 amide bonds. The molecule has 0 aliphatic rings. The van der Waals surface area contributed by atoms with E-state index in [1.807, 2.05) is 59.2 Å². The van der Waals surface area contributed by atoms with Crippen LogP contribution in [0.1, 0.15) is 15.9 Å². The number of aromatic nitrogens is 3. The van der Waals surface area contributed by atoms with E-state index in [9.17, 15) is 4.79 Å². The van der Waals surface area contributed by atoms with Crippen molar-refractivity contribution in [2.45, 2.75) is 17.5 Å². The number of benzene rings is 2. The summed E-state index contributed by atoms with van der Waals surface area (Å²) in [6, 6.07) is 15.1. The van der Waals surface area contributed by atoms with E-state index in [2.05, 4.69) is 22.1 Å². The molecule has 30 heavy (non-hydrogen) atoms. The van der Waals surface area contributed by atoms with Crippen LogP contribution in [0.25, 0.3) is 11.4 Å². The van der Waals surface area contributed by atoms with Gasteiger partial charge in [-0.3, -0.25) is 9.36 Å². The predicted molar refractivity (Wildman–Crippen MR) is 121 cm³/mol. The fraction of sp³-hybridized carbons (Fsp3) is 0.227. The SMILES string of the molecule is C=CCn1c(SCc2ccc(C(=O)NCCOC)cc2)nnc1-c1ccccc1Cl. The van der Waals surface area contributed by atoms with Gasteiger partial charge in [0.15, 0.2) is 11.0 Å². The highest BCUT2D eigenvalue weighted by molar-refractivity contribution is 7.98. The number of carbonyl (C=O) groups is 1. The summed E-state index contributed by atoms with van der Waals surface area (Å²) in [5.41, 5.74) is 2.54. The number of hydrogen-bond donors (Lipinski definition) is 1. The number of nitrogens with one attached hydrogen (secondary N) is 1. The fourth-order valence-electron chi connectivity index (χ4n) is 2.80. The van der Waals surface area contributed by atoms with Gasteiger partial charge < -0.3 is 10.1 Å². The molecule has 2 aromatic carbocycles. The molecule has 1 heterocycles. The summed E-state index contributed by atoms with van der Waals surface area (Å²) in [5.74, 6) is 1.30. The number of hydrogen-bond acceptors (Lipinski definition) is 5. The summed E-state index contributed by atoms with van der Waals surface area (Å²) in [5, 5.41) is 12.9. The molecule has 6 nitrogen and oxygen atoms in total. The van der Waals surface area contributed by atoms with Gasteiger partial charge in [-0.05, 0) is 29.8 Å². The Balaban J connectivity index is 1.69. The average molecular weight is 443 g/mol. The minimum absolute atomic E-state index is 0.110. The third-order valence-electron chi connectivity index (χ3n) is 4.32. The summed E-state index contributed by atoms with van der Waals surface area (Å²) >= 11 is 7.91. The highest BCUT2D eigenvalue weighted by atomic mass is 35.5. The van der Waals surface area contributed by atoms with Crippen molar-refractivity contribution >= 4 is 29.3 Å². The number of amides is 1. The zero-order chi connectivity index (χ0) is 21.3. The zero-order valence-corrected chi connectivity index (χ0v) is 18.2. The van der Waals surface area contributed by atoms with Crippen LogP contribution in [0.3, 0.4) is 0 Å². The van der Waals surface area contributed by atoms with Gasteiger partial charge in [-0.1, -0.05) is 53.7 Å². The number of rotatable bonds is 10. The molecule has 1 aromatic heterocycles. The topological polar surface area (TPSA) is 69.0 Å². The first-order chi connectivity index (χ1) is 14.6. The molecule has 0 atom stereocenters. The van der Waals surface area contributed by atoms with Crippen molar-refractivity contribution in [2.24, 2.45) is 0 Å². The molecule has 3 aromatic rings. The van der Waals surface area contributed by atoms with Gasteiger partial charge in [-0.25, -0.2) is 0 Å². The maximum atomic E-state index is 12.1. The van der Waals surface area contributed by atoms with Crippen LogP contribution in [-0.4, -0.2) is 40.9 Å². The third kappa shape index (κ3) is 5.50. The zero-order valence-electron chi connectivity index (χ0n) is 16.7. The molecule has 1 N–H and O–H groups in total. The quantitative estimate of drug-likeness (QED) is 0.285. The van der Waals surface area contributed by atoms with Crippen molar-refractivity contribution in [1.29, 1.82) is 0 Å². The molecule has 0 fully saturated rings. The van der Waals surface area contributed by atoms with Crippen molar-refractivity contribution in [3.63, 3.8) is 0 Å². The Hall–Kier alpha value is -2.61. The summed E-state index contributed by atoms with van der Waals surface area (Å²) in [6.45, 7) is 5.39. The molecule has 0 aliphatic heterocycles. The van der Waals surface area contributed by atoms with Crippen molar-refractivity contribution in [3.05, 3.63) is 77.3 Å². The number of nitrogens with zero attached hydrogens (tertiary/aromatic N) is 3. The van der Waals surface area contributed by atoms with Crippen molar-refractivity contribution in [2.75, 3.05) is 20.3 Å². The van der Waals surface area contributed by atoms with Crippen LogP contribution in [0.4, 0.5) is 0 Å². The van der Waals surface area contributed by atoms with Crippen LogP contribution < -0.4 is 5.32 Å². The second kappa shape index (κ2) is 11.0. The maximum Gasteiger partial charge on any atom is 0.251 e. The second-order valence-corrected chi connectivity index (χ2v) is 7.77. The molecule has 0 radical (unpaired) electrons. The smallest absolute Gasteiger partial charge is 0.251 e. The summed E-state index contributed by atoms with van der Waals surface area (Å²) in [7, 11) is 1.60. The van der Waals surface area contributed by atoms with Crippen molar-refractivity contribution in [3.8, 4) is 11.4 Å². The summed E-state index contributed by atoms with van der Waals surface area (Å²) in [4.78, 5) is 12.1. The first-order valence-corrected chi connectivity index (χ1v) is 10.8. The van der Waals surface area contributed by atoms with E-state index in [-0.39, 0.29) is 5.91 Å². The lowest BCUT2D eigenvalue weighted by atomic mass is 10.1. The minimum Gasteiger partial charge on any atom is -0.383 e. The number of thioether (sulfide) groups is 1. The lowest BCUT2D eigenvalue weighted by Crippen LogP contribution is -2.26. The molecular formula is C22H23ClN4O2S. The Morgan fingerprint density at radius 3 is 2.70 bits per heavy atom. The van der Waals surface area contributed by atoms with Gasteiger partial charge in [0, 0.05) is 37.1 Å². The molecule has 0 bridgehead atoms. The van der Waals surface area contributed by atoms with Gasteiger partial charge in [-0.2, -0.15) is 0 Å². The maximum absolute atomic E-state index is 12.1. The predicted octanol–water partition coefficient (Wildman–Crippen LogP) is 4.45. The number of allylic oxidation sites excluding steroid dienone is 1. The van der Waals surface area contributed by atoms with Crippen LogP contribution in [0.5, 0.6) is 0 Å². The van der Waals surface area contributed by atoms with E-state index < -0.39 is 0 Å². The number of methoxy groups -OCH3 is 1. The number of carbonyl (C=O) groups excluding carboxylic acids is 1.